The summed E-state index contributed by atoms with van der Waals surface area (Å²) < 4.78 is 50.6. The first-order valence-corrected chi connectivity index (χ1v) is 16.2. The smallest absolute Gasteiger partial charge is 0.471 e. The average molecular weight is 670 g/mol. The number of aromatic nitrogens is 4. The molecule has 0 radical (unpaired) electrons. The van der Waals surface area contributed by atoms with Crippen molar-refractivity contribution in [1.29, 1.82) is 0 Å². The van der Waals surface area contributed by atoms with Crippen LogP contribution in [0, 0.1) is 17.6 Å². The third kappa shape index (κ3) is 5.03. The molecule has 2 atom stereocenters. The zero-order valence-corrected chi connectivity index (χ0v) is 26.3. The van der Waals surface area contributed by atoms with Gasteiger partial charge in [0, 0.05) is 75.6 Å². The van der Waals surface area contributed by atoms with Crippen molar-refractivity contribution in [3.05, 3.63) is 58.1 Å². The van der Waals surface area contributed by atoms with Gasteiger partial charge in [-0.25, -0.2) is 28.1 Å². The summed E-state index contributed by atoms with van der Waals surface area (Å²) in [5.41, 5.74) is 0.639. The zero-order chi connectivity index (χ0) is 33.5. The number of aryl methyl sites for hydroxylation is 1. The lowest BCUT2D eigenvalue weighted by molar-refractivity contribution is 0.0694. The molecule has 4 aliphatic rings. The van der Waals surface area contributed by atoms with Crippen LogP contribution in [0.2, 0.25) is 0 Å². The molecule has 14 nitrogen and oxygen atoms in total. The number of hydrogen-bond donors (Lipinski definition) is 4. The van der Waals surface area contributed by atoms with Crippen LogP contribution < -0.4 is 15.6 Å². The van der Waals surface area contributed by atoms with Crippen LogP contribution >= 0.6 is 7.82 Å². The Morgan fingerprint density at radius 3 is 2.66 bits per heavy atom. The number of halogens is 2. The molecule has 0 amide bonds. The number of likely N-dealkylation sites (tertiary alicyclic amines) is 1. The Morgan fingerprint density at radius 2 is 1.96 bits per heavy atom. The molecule has 0 unspecified atom stereocenters. The fourth-order valence-corrected chi connectivity index (χ4v) is 7.40. The molecule has 47 heavy (non-hydrogen) atoms. The fourth-order valence-electron chi connectivity index (χ4n) is 7.13. The van der Waals surface area contributed by atoms with Crippen LogP contribution in [0.4, 0.5) is 20.2 Å². The lowest BCUT2D eigenvalue weighted by Gasteiger charge is -2.32. The number of nitrogens with one attached hydrogen (secondary N) is 1. The minimum Gasteiger partial charge on any atom is -0.477 e. The molecule has 246 valence electrons. The second-order valence-corrected chi connectivity index (χ2v) is 13.3. The molecule has 2 fully saturated rings. The quantitative estimate of drug-likeness (QED) is 0.187. The van der Waals surface area contributed by atoms with Gasteiger partial charge in [0.1, 0.15) is 23.8 Å². The van der Waals surface area contributed by atoms with Crippen LogP contribution in [-0.2, 0) is 22.9 Å². The summed E-state index contributed by atoms with van der Waals surface area (Å²) in [5.74, 6) is -3.33. The highest BCUT2D eigenvalue weighted by Crippen LogP contribution is 2.51. The number of carboxylic acid groups (broad SMARTS) is 1. The molecule has 4 aliphatic heterocycles. The maximum atomic E-state index is 16.0. The van der Waals surface area contributed by atoms with E-state index in [2.05, 4.69) is 25.1 Å². The second kappa shape index (κ2) is 11.1. The van der Waals surface area contributed by atoms with E-state index in [1.807, 2.05) is 7.05 Å². The molecule has 7 rings (SSSR count). The summed E-state index contributed by atoms with van der Waals surface area (Å²) in [6.07, 6.45) is 5.00. The Hall–Kier alpha value is -4.47. The zero-order valence-electron chi connectivity index (χ0n) is 25.4. The van der Waals surface area contributed by atoms with Crippen LogP contribution in [0.25, 0.3) is 44.5 Å². The number of fused-ring (bicyclic) bond motifs is 5. The molecule has 2 aromatic heterocycles. The van der Waals surface area contributed by atoms with E-state index in [1.165, 1.54) is 40.8 Å². The average Bonchev–Trinajstić information content (AvgIpc) is 3.71. The topological polar surface area (TPSA) is 175 Å². The standard InChI is InChI=1S/C30H30F2N7O7P/c1-33-20-7-19(31)24(32)22-23-26(39-5-4-14-9-36(2)12-21(14)39)17(11-38(13-46-47(43,44)45)29(23)35-25(20)22)15-6-16-27(40)18(30(41)42)10-37(3)28(16)34-8-15/h6-8,10-11,14,21,33H,4-5,9,12-13H2,1-3H3,(H,41,42)(H2,43,44,45)/t14-,21+/m1/s1. The molecule has 6 heterocycles. The summed E-state index contributed by atoms with van der Waals surface area (Å²) >= 11 is 0. The van der Waals surface area contributed by atoms with Crippen molar-refractivity contribution in [2.75, 3.05) is 43.9 Å². The van der Waals surface area contributed by atoms with Crippen molar-refractivity contribution >= 4 is 47.1 Å². The molecule has 0 aliphatic carbocycles. The van der Waals surface area contributed by atoms with Gasteiger partial charge in [-0.1, -0.05) is 0 Å². The summed E-state index contributed by atoms with van der Waals surface area (Å²) in [7, 11) is 0.0992. The third-order valence-corrected chi connectivity index (χ3v) is 9.59. The summed E-state index contributed by atoms with van der Waals surface area (Å²) in [6, 6.07) is 2.45. The van der Waals surface area contributed by atoms with Gasteiger partial charge < -0.3 is 39.1 Å². The molecule has 0 bridgehead atoms. The maximum absolute atomic E-state index is 16.0. The number of rotatable bonds is 7. The third-order valence-electron chi connectivity index (χ3n) is 9.14. The number of nitrogens with zero attached hydrogens (tertiary/aromatic N) is 6. The van der Waals surface area contributed by atoms with Gasteiger partial charge in [0.15, 0.2) is 11.6 Å². The van der Waals surface area contributed by atoms with Gasteiger partial charge in [-0.3, -0.25) is 9.32 Å². The number of phosphoric ester groups is 1. The number of anilines is 2. The van der Waals surface area contributed by atoms with E-state index < -0.39 is 43.1 Å². The van der Waals surface area contributed by atoms with Crippen molar-refractivity contribution in [1.82, 2.24) is 24.0 Å². The first-order valence-electron chi connectivity index (χ1n) is 14.7. The molecule has 1 aromatic carbocycles. The lowest BCUT2D eigenvalue weighted by Crippen LogP contribution is -2.35. The van der Waals surface area contributed by atoms with Gasteiger partial charge in [0.05, 0.1) is 33.2 Å². The highest BCUT2D eigenvalue weighted by Gasteiger charge is 2.43. The van der Waals surface area contributed by atoms with E-state index in [1.54, 1.807) is 7.05 Å². The molecule has 17 heteroatoms. The number of carboxylic acids is 1. The highest BCUT2D eigenvalue weighted by molar-refractivity contribution is 7.46. The van der Waals surface area contributed by atoms with Crippen LogP contribution in [0.3, 0.4) is 0 Å². The number of carbonyl (C=O) groups is 1. The highest BCUT2D eigenvalue weighted by atomic mass is 31.2. The summed E-state index contributed by atoms with van der Waals surface area (Å²) in [6.45, 7) is 1.37. The largest absolute Gasteiger partial charge is 0.477 e. The molecule has 2 saturated heterocycles. The van der Waals surface area contributed by atoms with E-state index in [-0.39, 0.29) is 51.0 Å². The molecule has 3 aromatic rings. The number of pyridine rings is 3. The normalized spacial score (nSPS) is 18.6. The van der Waals surface area contributed by atoms with Gasteiger partial charge in [-0.05, 0) is 25.5 Å². The van der Waals surface area contributed by atoms with Gasteiger partial charge in [-0.2, -0.15) is 0 Å². The van der Waals surface area contributed by atoms with Crippen LogP contribution in [-0.4, -0.2) is 84.6 Å². The van der Waals surface area contributed by atoms with Gasteiger partial charge in [-0.15, -0.1) is 0 Å². The van der Waals surface area contributed by atoms with E-state index in [0.717, 1.165) is 19.0 Å². The fraction of sp³-hybridized carbons (Fsp3) is 0.333. The van der Waals surface area contributed by atoms with Crippen LogP contribution in [0.15, 0.2) is 35.5 Å². The number of benzene rings is 1. The SMILES string of the molecule is CNc1cc(F)c(F)c2c3c(N4CC[C@@H]5CN(C)C[C@@H]54)c(-c4cnc5c(c4)c(=O)c(C(=O)O)cn5C)cn(COP(=O)(O)O)c-3nc12. The monoisotopic (exact) mass is 669 g/mol. The van der Waals surface area contributed by atoms with E-state index in [0.29, 0.717) is 29.9 Å². The van der Waals surface area contributed by atoms with Crippen molar-refractivity contribution in [3.8, 4) is 22.5 Å². The predicted molar refractivity (Wildman–Crippen MR) is 169 cm³/mol. The van der Waals surface area contributed by atoms with Crippen molar-refractivity contribution < 1.29 is 37.6 Å². The van der Waals surface area contributed by atoms with Gasteiger partial charge in [0.25, 0.3) is 0 Å². The van der Waals surface area contributed by atoms with Gasteiger partial charge in [0.2, 0.25) is 5.43 Å². The van der Waals surface area contributed by atoms with Crippen molar-refractivity contribution in [2.24, 2.45) is 13.0 Å². The Morgan fingerprint density at radius 1 is 1.19 bits per heavy atom. The van der Waals surface area contributed by atoms with Crippen LogP contribution in [0.1, 0.15) is 16.8 Å². The molecule has 4 N–H and O–H groups in total. The minimum absolute atomic E-state index is 0.00838. The van der Waals surface area contributed by atoms with Crippen molar-refractivity contribution in [2.45, 2.75) is 19.2 Å². The van der Waals surface area contributed by atoms with Crippen LogP contribution in [0.5, 0.6) is 0 Å². The molecular formula is C30H30F2N7O7P. The Bertz CT molecular complexity index is 2200. The Balaban J connectivity index is 1.61. The van der Waals surface area contributed by atoms with E-state index in [4.69, 9.17) is 4.52 Å². The number of likely N-dealkylation sites (N-methyl/N-ethyl adjacent to an activating group) is 1. The number of aromatic carboxylic acids is 1. The molecular weight excluding hydrogens is 639 g/mol. The molecule has 0 spiro atoms. The predicted octanol–water partition coefficient (Wildman–Crippen LogP) is 3.28. The Labute approximate surface area is 265 Å². The molecule has 0 saturated carbocycles. The van der Waals surface area contributed by atoms with Gasteiger partial charge >= 0.3 is 13.8 Å². The van der Waals surface area contributed by atoms with Crippen molar-refractivity contribution in [3.63, 3.8) is 0 Å². The second-order valence-electron chi connectivity index (χ2n) is 12.0. The van der Waals surface area contributed by atoms with E-state index >= 15 is 8.78 Å². The first kappa shape index (κ1) is 31.1. The number of phosphoric acid groups is 1. The Kier molecular flexibility index (Phi) is 7.33. The number of hydrogen-bond acceptors (Lipinski definition) is 9. The lowest BCUT2D eigenvalue weighted by atomic mass is 9.97. The minimum atomic E-state index is -5.00. The maximum Gasteiger partial charge on any atom is 0.471 e. The summed E-state index contributed by atoms with van der Waals surface area (Å²) in [5, 5.41) is 12.4. The first-order chi connectivity index (χ1) is 22.3. The summed E-state index contributed by atoms with van der Waals surface area (Å²) in [4.78, 5) is 57.8. The van der Waals surface area contributed by atoms with E-state index in [9.17, 15) is 29.0 Å².